The van der Waals surface area contributed by atoms with Gasteiger partial charge in [0.2, 0.25) is 5.91 Å². The summed E-state index contributed by atoms with van der Waals surface area (Å²) in [4.78, 5) is 23.6. The first kappa shape index (κ1) is 16.8. The van der Waals surface area contributed by atoms with Crippen LogP contribution in [-0.2, 0) is 24.1 Å². The number of rotatable bonds is 5. The summed E-state index contributed by atoms with van der Waals surface area (Å²) in [6.07, 6.45) is 6.07. The smallest absolute Gasteiger partial charge is 0.227 e. The molecular weight excluding hydrogens is 328 g/mol. The summed E-state index contributed by atoms with van der Waals surface area (Å²) in [7, 11) is 1.64. The molecule has 1 saturated carbocycles. The van der Waals surface area contributed by atoms with E-state index in [1.54, 1.807) is 13.4 Å². The zero-order valence-corrected chi connectivity index (χ0v) is 15.1. The van der Waals surface area contributed by atoms with Gasteiger partial charge in [0.25, 0.3) is 0 Å². The van der Waals surface area contributed by atoms with Crippen molar-refractivity contribution in [3.05, 3.63) is 47.4 Å². The normalized spacial score (nSPS) is 16.6. The minimum atomic E-state index is 0.160. The summed E-state index contributed by atoms with van der Waals surface area (Å²) in [5.74, 6) is 1.93. The molecule has 0 bridgehead atoms. The van der Waals surface area contributed by atoms with Gasteiger partial charge in [0.1, 0.15) is 17.9 Å². The molecule has 136 valence electrons. The number of carbonyl (C=O) groups excluding carboxylic acids is 1. The predicted octanol–water partition coefficient (Wildman–Crippen LogP) is 2.23. The number of fused-ring (bicyclic) bond motifs is 1. The topological polar surface area (TPSA) is 67.3 Å². The molecule has 1 aromatic carbocycles. The van der Waals surface area contributed by atoms with E-state index in [1.165, 1.54) is 18.4 Å². The fourth-order valence-corrected chi connectivity index (χ4v) is 3.35. The Labute approximate surface area is 153 Å². The van der Waals surface area contributed by atoms with Crippen LogP contribution in [0.1, 0.15) is 29.7 Å². The van der Waals surface area contributed by atoms with Crippen LogP contribution in [0, 0.1) is 0 Å². The van der Waals surface area contributed by atoms with Gasteiger partial charge in [0, 0.05) is 31.1 Å². The third kappa shape index (κ3) is 3.79. The summed E-state index contributed by atoms with van der Waals surface area (Å²) in [6, 6.07) is 8.25. The zero-order valence-electron chi connectivity index (χ0n) is 15.1. The molecule has 2 heterocycles. The van der Waals surface area contributed by atoms with E-state index < -0.39 is 0 Å². The first-order valence-corrected chi connectivity index (χ1v) is 9.23. The molecule has 2 aromatic rings. The SMILES string of the molecule is COc1ccc(CC(=O)N2CCc3ncnc(NC4CC4)c3CC2)cc1. The zero-order chi connectivity index (χ0) is 17.9. The Kier molecular flexibility index (Phi) is 4.73. The van der Waals surface area contributed by atoms with Crippen LogP contribution in [0.4, 0.5) is 5.82 Å². The molecule has 1 aromatic heterocycles. The number of ether oxygens (including phenoxy) is 1. The highest BCUT2D eigenvalue weighted by molar-refractivity contribution is 5.79. The lowest BCUT2D eigenvalue weighted by Crippen LogP contribution is -2.34. The maximum atomic E-state index is 12.7. The van der Waals surface area contributed by atoms with Crippen LogP contribution in [0.5, 0.6) is 5.75 Å². The van der Waals surface area contributed by atoms with Crippen LogP contribution in [0.15, 0.2) is 30.6 Å². The maximum absolute atomic E-state index is 12.7. The van der Waals surface area contributed by atoms with Crippen molar-refractivity contribution in [2.24, 2.45) is 0 Å². The van der Waals surface area contributed by atoms with Gasteiger partial charge >= 0.3 is 0 Å². The number of anilines is 1. The largest absolute Gasteiger partial charge is 0.497 e. The summed E-state index contributed by atoms with van der Waals surface area (Å²) in [6.45, 7) is 1.43. The fourth-order valence-electron chi connectivity index (χ4n) is 3.35. The van der Waals surface area contributed by atoms with Crippen LogP contribution in [0.2, 0.25) is 0 Å². The van der Waals surface area contributed by atoms with Gasteiger partial charge < -0.3 is 15.0 Å². The van der Waals surface area contributed by atoms with Gasteiger partial charge in [-0.05, 0) is 37.0 Å². The standard InChI is InChI=1S/C20H24N4O2/c1-26-16-6-2-14(3-7-16)12-19(25)24-10-8-17-18(9-11-24)21-13-22-20(17)23-15-4-5-15/h2-3,6-7,13,15H,4-5,8-12H2,1H3,(H,21,22,23). The highest BCUT2D eigenvalue weighted by Gasteiger charge is 2.26. The van der Waals surface area contributed by atoms with E-state index in [-0.39, 0.29) is 5.91 Å². The lowest BCUT2D eigenvalue weighted by molar-refractivity contribution is -0.130. The Morgan fingerprint density at radius 1 is 1.19 bits per heavy atom. The summed E-state index contributed by atoms with van der Waals surface area (Å²) in [5, 5.41) is 3.50. The molecule has 1 aliphatic heterocycles. The van der Waals surface area contributed by atoms with Crippen LogP contribution in [0.25, 0.3) is 0 Å². The van der Waals surface area contributed by atoms with Crippen molar-refractivity contribution in [2.75, 3.05) is 25.5 Å². The van der Waals surface area contributed by atoms with Gasteiger partial charge in [-0.25, -0.2) is 9.97 Å². The maximum Gasteiger partial charge on any atom is 0.227 e. The lowest BCUT2D eigenvalue weighted by atomic mass is 10.1. The van der Waals surface area contributed by atoms with Gasteiger partial charge in [-0.3, -0.25) is 4.79 Å². The lowest BCUT2D eigenvalue weighted by Gasteiger charge is -2.20. The molecule has 4 rings (SSSR count). The molecule has 6 nitrogen and oxygen atoms in total. The molecule has 0 spiro atoms. The van der Waals surface area contributed by atoms with Gasteiger partial charge in [-0.1, -0.05) is 12.1 Å². The minimum Gasteiger partial charge on any atom is -0.497 e. The Morgan fingerprint density at radius 3 is 2.69 bits per heavy atom. The van der Waals surface area contributed by atoms with Crippen LogP contribution < -0.4 is 10.1 Å². The van der Waals surface area contributed by atoms with Crippen molar-refractivity contribution in [1.29, 1.82) is 0 Å². The number of amides is 1. The first-order valence-electron chi connectivity index (χ1n) is 9.23. The number of nitrogens with one attached hydrogen (secondary N) is 1. The molecule has 1 fully saturated rings. The van der Waals surface area contributed by atoms with E-state index in [2.05, 4.69) is 15.3 Å². The van der Waals surface area contributed by atoms with Crippen molar-refractivity contribution in [3.8, 4) is 5.75 Å². The summed E-state index contributed by atoms with van der Waals surface area (Å²) >= 11 is 0. The Morgan fingerprint density at radius 2 is 1.96 bits per heavy atom. The van der Waals surface area contributed by atoms with Gasteiger partial charge in [-0.2, -0.15) is 0 Å². The van der Waals surface area contributed by atoms with E-state index in [0.29, 0.717) is 25.6 Å². The molecule has 1 aliphatic carbocycles. The number of methoxy groups -OCH3 is 1. The average Bonchev–Trinajstić information content (AvgIpc) is 3.49. The Balaban J connectivity index is 1.42. The molecule has 1 N–H and O–H groups in total. The van der Waals surface area contributed by atoms with E-state index in [0.717, 1.165) is 35.7 Å². The molecule has 0 radical (unpaired) electrons. The Hall–Kier alpha value is -2.63. The van der Waals surface area contributed by atoms with Crippen LogP contribution >= 0.6 is 0 Å². The molecule has 0 unspecified atom stereocenters. The van der Waals surface area contributed by atoms with E-state index in [4.69, 9.17) is 4.74 Å². The van der Waals surface area contributed by atoms with Crippen molar-refractivity contribution < 1.29 is 9.53 Å². The minimum absolute atomic E-state index is 0.160. The van der Waals surface area contributed by atoms with Gasteiger partial charge in [-0.15, -0.1) is 0 Å². The number of benzene rings is 1. The van der Waals surface area contributed by atoms with Gasteiger partial charge in [0.15, 0.2) is 0 Å². The quantitative estimate of drug-likeness (QED) is 0.894. The van der Waals surface area contributed by atoms with E-state index in [1.807, 2.05) is 29.2 Å². The first-order chi connectivity index (χ1) is 12.7. The average molecular weight is 352 g/mol. The Bertz CT molecular complexity index is 787. The van der Waals surface area contributed by atoms with Crippen molar-refractivity contribution in [3.63, 3.8) is 0 Å². The third-order valence-electron chi connectivity index (χ3n) is 5.07. The monoisotopic (exact) mass is 352 g/mol. The van der Waals surface area contributed by atoms with E-state index in [9.17, 15) is 4.79 Å². The van der Waals surface area contributed by atoms with Crippen molar-refractivity contribution in [1.82, 2.24) is 14.9 Å². The highest BCUT2D eigenvalue weighted by Crippen LogP contribution is 2.27. The second kappa shape index (κ2) is 7.32. The number of nitrogens with zero attached hydrogens (tertiary/aromatic N) is 3. The van der Waals surface area contributed by atoms with Crippen LogP contribution in [0.3, 0.4) is 0 Å². The number of carbonyl (C=O) groups is 1. The van der Waals surface area contributed by atoms with Crippen molar-refractivity contribution in [2.45, 2.75) is 38.1 Å². The third-order valence-corrected chi connectivity index (χ3v) is 5.07. The second-order valence-electron chi connectivity index (χ2n) is 6.97. The summed E-state index contributed by atoms with van der Waals surface area (Å²) < 4.78 is 5.17. The number of aromatic nitrogens is 2. The molecule has 2 aliphatic rings. The fraction of sp³-hybridized carbons (Fsp3) is 0.450. The molecule has 1 amide bonds. The molecule has 26 heavy (non-hydrogen) atoms. The van der Waals surface area contributed by atoms with Gasteiger partial charge in [0.05, 0.1) is 19.2 Å². The molecule has 0 saturated heterocycles. The molecule has 6 heteroatoms. The van der Waals surface area contributed by atoms with Crippen LogP contribution in [-0.4, -0.2) is 47.0 Å². The molecule has 0 atom stereocenters. The molecular formula is C20H24N4O2. The van der Waals surface area contributed by atoms with E-state index >= 15 is 0 Å². The number of hydrogen-bond donors (Lipinski definition) is 1. The van der Waals surface area contributed by atoms with Crippen molar-refractivity contribution >= 4 is 11.7 Å². The summed E-state index contributed by atoms with van der Waals surface area (Å²) in [5.41, 5.74) is 3.26. The highest BCUT2D eigenvalue weighted by atomic mass is 16.5. The predicted molar refractivity (Wildman–Crippen MR) is 99.4 cm³/mol. The second-order valence-corrected chi connectivity index (χ2v) is 6.97. The number of hydrogen-bond acceptors (Lipinski definition) is 5.